The van der Waals surface area contributed by atoms with E-state index in [4.69, 9.17) is 0 Å². The van der Waals surface area contributed by atoms with Crippen LogP contribution < -0.4 is 0 Å². The van der Waals surface area contributed by atoms with Crippen molar-refractivity contribution in [2.24, 2.45) is 0 Å². The smallest absolute Gasteiger partial charge is 0.137 e. The van der Waals surface area contributed by atoms with Gasteiger partial charge in [0.1, 0.15) is 5.78 Å². The number of ketones is 1. The minimum absolute atomic E-state index is 0.369. The summed E-state index contributed by atoms with van der Waals surface area (Å²) in [5.74, 6) is 0.369. The van der Waals surface area contributed by atoms with Crippen molar-refractivity contribution in [2.75, 3.05) is 0 Å². The predicted molar refractivity (Wildman–Crippen MR) is 78.3 cm³/mol. The van der Waals surface area contributed by atoms with Crippen molar-refractivity contribution >= 4 is 5.78 Å². The Hall–Kier alpha value is -1.89. The van der Waals surface area contributed by atoms with Gasteiger partial charge in [0.05, 0.1) is 0 Å². The van der Waals surface area contributed by atoms with Crippen molar-refractivity contribution in [2.45, 2.75) is 32.6 Å². The summed E-state index contributed by atoms with van der Waals surface area (Å²) in [6, 6.07) is 15.0. The molecular weight excluding hydrogens is 232 g/mol. The number of Topliss-reactive ketones (excluding diaryl/α,β-unsaturated/α-hetero) is 1. The van der Waals surface area contributed by atoms with E-state index < -0.39 is 0 Å². The number of fused-ring (bicyclic) bond motifs is 1. The molecule has 0 N–H and O–H groups in total. The lowest BCUT2D eigenvalue weighted by Crippen LogP contribution is -2.14. The first-order valence-electron chi connectivity index (χ1n) is 7.00. The third-order valence-electron chi connectivity index (χ3n) is 4.01. The maximum Gasteiger partial charge on any atom is 0.137 e. The Morgan fingerprint density at radius 1 is 0.947 bits per heavy atom. The van der Waals surface area contributed by atoms with E-state index in [1.165, 1.54) is 27.8 Å². The number of carbonyl (C=O) groups excluding carboxylic acids is 1. The lowest BCUT2D eigenvalue weighted by atomic mass is 9.84. The quantitative estimate of drug-likeness (QED) is 0.788. The second-order valence-corrected chi connectivity index (χ2v) is 5.17. The fourth-order valence-corrected chi connectivity index (χ4v) is 2.98. The van der Waals surface area contributed by atoms with Crippen molar-refractivity contribution < 1.29 is 4.79 Å². The van der Waals surface area contributed by atoms with Crippen LogP contribution in [0.2, 0.25) is 0 Å². The molecule has 96 valence electrons. The molecule has 1 heteroatoms. The Kier molecular flexibility index (Phi) is 3.20. The molecule has 0 bridgehead atoms. The zero-order chi connectivity index (χ0) is 13.2. The van der Waals surface area contributed by atoms with Crippen LogP contribution in [0.5, 0.6) is 0 Å². The first kappa shape index (κ1) is 12.2. The zero-order valence-electron chi connectivity index (χ0n) is 11.3. The molecule has 1 aliphatic carbocycles. The summed E-state index contributed by atoms with van der Waals surface area (Å²) in [4.78, 5) is 11.8. The van der Waals surface area contributed by atoms with Crippen LogP contribution in [0, 0.1) is 0 Å². The number of hydrogen-bond acceptors (Lipinski definition) is 1. The van der Waals surface area contributed by atoms with Crippen molar-refractivity contribution in [3.8, 4) is 11.1 Å². The highest BCUT2D eigenvalue weighted by molar-refractivity contribution is 5.87. The fraction of sp³-hybridized carbons (Fsp3) is 0.278. The number of aryl methyl sites for hydroxylation is 2. The summed E-state index contributed by atoms with van der Waals surface area (Å²) in [5, 5.41) is 0. The van der Waals surface area contributed by atoms with Crippen molar-refractivity contribution in [1.29, 1.82) is 0 Å². The van der Waals surface area contributed by atoms with Gasteiger partial charge in [0.2, 0.25) is 0 Å². The van der Waals surface area contributed by atoms with Crippen molar-refractivity contribution in [3.05, 3.63) is 59.2 Å². The molecule has 2 aromatic carbocycles. The van der Waals surface area contributed by atoms with Crippen LogP contribution in [0.15, 0.2) is 42.5 Å². The van der Waals surface area contributed by atoms with Crippen molar-refractivity contribution in [1.82, 2.24) is 0 Å². The monoisotopic (exact) mass is 250 g/mol. The minimum Gasteiger partial charge on any atom is -0.299 e. The Labute approximate surface area is 114 Å². The molecule has 0 aliphatic heterocycles. The third kappa shape index (κ3) is 2.21. The van der Waals surface area contributed by atoms with E-state index in [-0.39, 0.29) is 0 Å². The molecule has 0 amide bonds. The van der Waals surface area contributed by atoms with E-state index in [9.17, 15) is 4.79 Å². The van der Waals surface area contributed by atoms with E-state index >= 15 is 0 Å². The average molecular weight is 250 g/mol. The standard InChI is InChI=1S/C18H18O/c1-2-13-6-3-4-8-16(13)17-9-5-7-14-10-11-15(19)12-18(14)17/h3-9H,2,10-12H2,1H3. The van der Waals surface area contributed by atoms with Gasteiger partial charge in [-0.3, -0.25) is 4.79 Å². The highest BCUT2D eigenvalue weighted by Gasteiger charge is 2.19. The van der Waals surface area contributed by atoms with Crippen LogP contribution >= 0.6 is 0 Å². The average Bonchev–Trinajstić information content (AvgIpc) is 2.46. The van der Waals surface area contributed by atoms with Gasteiger partial charge in [-0.25, -0.2) is 0 Å². The topological polar surface area (TPSA) is 17.1 Å². The Balaban J connectivity index is 2.18. The molecular formula is C18H18O. The third-order valence-corrected chi connectivity index (χ3v) is 4.01. The van der Waals surface area contributed by atoms with E-state index in [2.05, 4.69) is 49.4 Å². The normalized spacial score (nSPS) is 14.3. The summed E-state index contributed by atoms with van der Waals surface area (Å²) >= 11 is 0. The van der Waals surface area contributed by atoms with Crippen LogP contribution in [0.1, 0.15) is 30.0 Å². The number of hydrogen-bond donors (Lipinski definition) is 0. The molecule has 2 aromatic rings. The Morgan fingerprint density at radius 2 is 1.74 bits per heavy atom. The van der Waals surface area contributed by atoms with Gasteiger partial charge in [0.15, 0.2) is 0 Å². The second-order valence-electron chi connectivity index (χ2n) is 5.17. The molecule has 0 heterocycles. The molecule has 0 aromatic heterocycles. The van der Waals surface area contributed by atoms with Gasteiger partial charge < -0.3 is 0 Å². The lowest BCUT2D eigenvalue weighted by molar-refractivity contribution is -0.118. The maximum atomic E-state index is 11.8. The number of rotatable bonds is 2. The van der Waals surface area contributed by atoms with Gasteiger partial charge in [-0.1, -0.05) is 49.4 Å². The molecule has 1 aliphatic rings. The summed E-state index contributed by atoms with van der Waals surface area (Å²) in [7, 11) is 0. The largest absolute Gasteiger partial charge is 0.299 e. The zero-order valence-corrected chi connectivity index (χ0v) is 11.3. The van der Waals surface area contributed by atoms with Gasteiger partial charge in [-0.2, -0.15) is 0 Å². The summed E-state index contributed by atoms with van der Waals surface area (Å²) in [6.07, 6.45) is 3.22. The number of benzene rings is 2. The SMILES string of the molecule is CCc1ccccc1-c1cccc2c1CC(=O)CC2. The second kappa shape index (κ2) is 5.00. The van der Waals surface area contributed by atoms with Gasteiger partial charge in [-0.05, 0) is 40.7 Å². The van der Waals surface area contributed by atoms with E-state index in [0.29, 0.717) is 18.6 Å². The predicted octanol–water partition coefficient (Wildman–Crippen LogP) is 3.97. The maximum absolute atomic E-state index is 11.8. The molecule has 19 heavy (non-hydrogen) atoms. The summed E-state index contributed by atoms with van der Waals surface area (Å²) < 4.78 is 0. The van der Waals surface area contributed by atoms with Gasteiger partial charge in [0.25, 0.3) is 0 Å². The van der Waals surface area contributed by atoms with Crippen LogP contribution in [0.4, 0.5) is 0 Å². The summed E-state index contributed by atoms with van der Waals surface area (Å²) in [6.45, 7) is 2.18. The first-order valence-corrected chi connectivity index (χ1v) is 7.00. The summed E-state index contributed by atoms with van der Waals surface area (Å²) in [5.41, 5.74) is 6.50. The first-order chi connectivity index (χ1) is 9.29. The molecule has 0 saturated carbocycles. The Bertz CT molecular complexity index is 625. The molecule has 0 fully saturated rings. The minimum atomic E-state index is 0.369. The van der Waals surface area contributed by atoms with Gasteiger partial charge in [-0.15, -0.1) is 0 Å². The lowest BCUT2D eigenvalue weighted by Gasteiger charge is -2.20. The van der Waals surface area contributed by atoms with E-state index in [0.717, 1.165) is 12.8 Å². The fourth-order valence-electron chi connectivity index (χ4n) is 2.98. The molecule has 0 radical (unpaired) electrons. The molecule has 0 atom stereocenters. The highest BCUT2D eigenvalue weighted by atomic mass is 16.1. The van der Waals surface area contributed by atoms with E-state index in [1.54, 1.807) is 0 Å². The van der Waals surface area contributed by atoms with Crippen molar-refractivity contribution in [3.63, 3.8) is 0 Å². The van der Waals surface area contributed by atoms with Crippen LogP contribution in [0.25, 0.3) is 11.1 Å². The molecule has 1 nitrogen and oxygen atoms in total. The van der Waals surface area contributed by atoms with Gasteiger partial charge >= 0.3 is 0 Å². The van der Waals surface area contributed by atoms with Gasteiger partial charge in [0, 0.05) is 12.8 Å². The molecule has 0 saturated heterocycles. The van der Waals surface area contributed by atoms with Crippen LogP contribution in [0.3, 0.4) is 0 Å². The molecule has 0 unspecified atom stereocenters. The van der Waals surface area contributed by atoms with Crippen LogP contribution in [-0.4, -0.2) is 5.78 Å². The van der Waals surface area contributed by atoms with E-state index in [1.807, 2.05) is 0 Å². The Morgan fingerprint density at radius 3 is 2.58 bits per heavy atom. The number of carbonyl (C=O) groups is 1. The highest BCUT2D eigenvalue weighted by Crippen LogP contribution is 2.32. The molecule has 0 spiro atoms. The molecule has 3 rings (SSSR count). The van der Waals surface area contributed by atoms with Crippen LogP contribution in [-0.2, 0) is 24.1 Å².